The summed E-state index contributed by atoms with van der Waals surface area (Å²) in [7, 11) is 0. The van der Waals surface area contributed by atoms with Gasteiger partial charge in [0.15, 0.2) is 0 Å². The molecule has 0 atom stereocenters. The second-order valence-electron chi connectivity index (χ2n) is 4.90. The fourth-order valence-electron chi connectivity index (χ4n) is 2.16. The van der Waals surface area contributed by atoms with E-state index in [1.54, 1.807) is 24.3 Å². The number of nitrogens with zero attached hydrogens (tertiary/aromatic N) is 1. The molecular weight excluding hydrogens is 353 g/mol. The highest BCUT2D eigenvalue weighted by Crippen LogP contribution is 2.31. The summed E-state index contributed by atoms with van der Waals surface area (Å²) in [6, 6.07) is 12.9. The maximum atomic E-state index is 11.2. The molecule has 2 aromatic carbocycles. The normalized spacial score (nSPS) is 11.8. The van der Waals surface area contributed by atoms with Gasteiger partial charge in [0.2, 0.25) is 0 Å². The minimum Gasteiger partial charge on any atom is -0.481 e. The van der Waals surface area contributed by atoms with Gasteiger partial charge >= 0.3 is 5.97 Å². The van der Waals surface area contributed by atoms with E-state index in [0.29, 0.717) is 20.6 Å². The van der Waals surface area contributed by atoms with Crippen LogP contribution in [0.4, 0.5) is 0 Å². The first-order chi connectivity index (χ1) is 11.0. The maximum Gasteiger partial charge on any atom is 0.307 e. The Kier molecular flexibility index (Phi) is 4.66. The monoisotopic (exact) mass is 363 g/mol. The number of carboxylic acids is 1. The van der Waals surface area contributed by atoms with E-state index in [-0.39, 0.29) is 6.42 Å². The van der Waals surface area contributed by atoms with Crippen LogP contribution in [0.2, 0.25) is 10.0 Å². The third kappa shape index (κ3) is 3.72. The van der Waals surface area contributed by atoms with Crippen LogP contribution in [-0.2, 0) is 4.79 Å². The van der Waals surface area contributed by atoms with E-state index in [4.69, 9.17) is 23.2 Å². The molecule has 1 heterocycles. The molecule has 1 N–H and O–H groups in total. The highest BCUT2D eigenvalue weighted by molar-refractivity contribution is 7.19. The predicted octanol–water partition coefficient (Wildman–Crippen LogP) is 5.62. The van der Waals surface area contributed by atoms with E-state index in [1.807, 2.05) is 24.3 Å². The molecule has 6 heteroatoms. The number of fused-ring (bicyclic) bond motifs is 1. The molecule has 0 saturated carbocycles. The molecule has 0 radical (unpaired) electrons. The van der Waals surface area contributed by atoms with Gasteiger partial charge in [0.05, 0.1) is 26.7 Å². The number of para-hydroxylation sites is 1. The summed E-state index contributed by atoms with van der Waals surface area (Å²) < 4.78 is 1.02. The smallest absolute Gasteiger partial charge is 0.307 e. The zero-order chi connectivity index (χ0) is 16.4. The van der Waals surface area contributed by atoms with Crippen LogP contribution in [0.3, 0.4) is 0 Å². The molecule has 116 valence electrons. The van der Waals surface area contributed by atoms with E-state index in [9.17, 15) is 9.90 Å². The Balaban J connectivity index is 2.07. The fraction of sp³-hybridized carbons (Fsp3) is 0.0588. The third-order valence-corrected chi connectivity index (χ3v) is 5.05. The van der Waals surface area contributed by atoms with Crippen LogP contribution in [-0.4, -0.2) is 16.1 Å². The Hall–Kier alpha value is -1.88. The van der Waals surface area contributed by atoms with Crippen molar-refractivity contribution in [3.8, 4) is 0 Å². The molecule has 0 aliphatic rings. The summed E-state index contributed by atoms with van der Waals surface area (Å²) in [4.78, 5) is 15.7. The van der Waals surface area contributed by atoms with Crippen molar-refractivity contribution < 1.29 is 9.90 Å². The number of hydrogen-bond acceptors (Lipinski definition) is 3. The van der Waals surface area contributed by atoms with Crippen LogP contribution in [0.1, 0.15) is 17.0 Å². The number of carbonyl (C=O) groups is 1. The lowest BCUT2D eigenvalue weighted by Gasteiger charge is -2.03. The average Bonchev–Trinajstić information content (AvgIpc) is 2.94. The Morgan fingerprint density at radius 2 is 1.96 bits per heavy atom. The lowest BCUT2D eigenvalue weighted by Crippen LogP contribution is -1.97. The van der Waals surface area contributed by atoms with Crippen LogP contribution >= 0.6 is 34.5 Å². The Morgan fingerprint density at radius 1 is 1.17 bits per heavy atom. The standard InChI is InChI=1S/C17H11Cl2NO2S/c18-12-6-5-10(8-13(12)19)7-11(9-16(21)22)17-20-14-3-1-2-4-15(14)23-17/h1-8H,9H2,(H,21,22). The van der Waals surface area contributed by atoms with E-state index >= 15 is 0 Å². The molecule has 3 nitrogen and oxygen atoms in total. The van der Waals surface area contributed by atoms with Gasteiger partial charge in [-0.2, -0.15) is 0 Å². The molecule has 0 unspecified atom stereocenters. The average molecular weight is 364 g/mol. The Labute approximate surface area is 146 Å². The molecule has 0 spiro atoms. The van der Waals surface area contributed by atoms with Crippen LogP contribution in [0.5, 0.6) is 0 Å². The zero-order valence-electron chi connectivity index (χ0n) is 11.8. The van der Waals surface area contributed by atoms with E-state index in [1.165, 1.54) is 11.3 Å². The van der Waals surface area contributed by atoms with Gasteiger partial charge in [-0.1, -0.05) is 41.4 Å². The zero-order valence-corrected chi connectivity index (χ0v) is 14.1. The number of thiazole rings is 1. The highest BCUT2D eigenvalue weighted by atomic mass is 35.5. The second kappa shape index (κ2) is 6.71. The SMILES string of the molecule is O=C(O)CC(=Cc1ccc(Cl)c(Cl)c1)c1nc2ccccc2s1. The van der Waals surface area contributed by atoms with E-state index in [2.05, 4.69) is 4.98 Å². The lowest BCUT2D eigenvalue weighted by atomic mass is 10.1. The topological polar surface area (TPSA) is 50.2 Å². The molecule has 0 aliphatic carbocycles. The van der Waals surface area contributed by atoms with Crippen LogP contribution in [0.25, 0.3) is 21.9 Å². The number of hydrogen-bond donors (Lipinski definition) is 1. The predicted molar refractivity (Wildman–Crippen MR) is 96.2 cm³/mol. The molecule has 0 amide bonds. The largest absolute Gasteiger partial charge is 0.481 e. The molecule has 3 aromatic rings. The van der Waals surface area contributed by atoms with Crippen molar-refractivity contribution in [3.05, 3.63) is 63.1 Å². The highest BCUT2D eigenvalue weighted by Gasteiger charge is 2.13. The molecule has 1 aromatic heterocycles. The van der Waals surface area contributed by atoms with Crippen molar-refractivity contribution in [1.82, 2.24) is 4.98 Å². The van der Waals surface area contributed by atoms with Gasteiger partial charge in [-0.15, -0.1) is 11.3 Å². The fourth-order valence-corrected chi connectivity index (χ4v) is 3.45. The summed E-state index contributed by atoms with van der Waals surface area (Å²) in [5.41, 5.74) is 2.28. The van der Waals surface area contributed by atoms with E-state index < -0.39 is 5.97 Å². The summed E-state index contributed by atoms with van der Waals surface area (Å²) in [5.74, 6) is -0.907. The molecule has 3 rings (SSSR count). The number of benzene rings is 2. The van der Waals surface area contributed by atoms with Crippen LogP contribution < -0.4 is 0 Å². The van der Waals surface area contributed by atoms with Crippen LogP contribution in [0, 0.1) is 0 Å². The summed E-state index contributed by atoms with van der Waals surface area (Å²) in [6.07, 6.45) is 1.67. The molecule has 0 saturated heterocycles. The summed E-state index contributed by atoms with van der Waals surface area (Å²) >= 11 is 13.4. The van der Waals surface area contributed by atoms with Gasteiger partial charge in [0.1, 0.15) is 5.01 Å². The lowest BCUT2D eigenvalue weighted by molar-refractivity contribution is -0.135. The molecule has 0 bridgehead atoms. The van der Waals surface area contributed by atoms with Crippen molar-refractivity contribution >= 4 is 62.4 Å². The number of halogens is 2. The van der Waals surface area contributed by atoms with Gasteiger partial charge in [0.25, 0.3) is 0 Å². The Morgan fingerprint density at radius 3 is 2.65 bits per heavy atom. The van der Waals surface area contributed by atoms with Gasteiger partial charge in [0, 0.05) is 0 Å². The van der Waals surface area contributed by atoms with Crippen molar-refractivity contribution in [2.75, 3.05) is 0 Å². The molecule has 0 fully saturated rings. The van der Waals surface area contributed by atoms with Gasteiger partial charge in [-0.3, -0.25) is 4.79 Å². The van der Waals surface area contributed by atoms with Gasteiger partial charge in [-0.05, 0) is 41.5 Å². The van der Waals surface area contributed by atoms with E-state index in [0.717, 1.165) is 15.8 Å². The number of rotatable bonds is 4. The first kappa shape index (κ1) is 16.0. The molecule has 23 heavy (non-hydrogen) atoms. The molecule has 0 aliphatic heterocycles. The summed E-state index contributed by atoms with van der Waals surface area (Å²) in [5, 5.41) is 10.8. The van der Waals surface area contributed by atoms with Crippen molar-refractivity contribution in [1.29, 1.82) is 0 Å². The first-order valence-corrected chi connectivity index (χ1v) is 8.33. The van der Waals surface area contributed by atoms with Crippen molar-refractivity contribution in [2.24, 2.45) is 0 Å². The van der Waals surface area contributed by atoms with Crippen LogP contribution in [0.15, 0.2) is 42.5 Å². The van der Waals surface area contributed by atoms with Crippen molar-refractivity contribution in [2.45, 2.75) is 6.42 Å². The first-order valence-electron chi connectivity index (χ1n) is 6.76. The molecular formula is C17H11Cl2NO2S. The Bertz CT molecular complexity index is 885. The number of aliphatic carboxylic acids is 1. The number of aromatic nitrogens is 1. The van der Waals surface area contributed by atoms with Gasteiger partial charge in [-0.25, -0.2) is 4.98 Å². The summed E-state index contributed by atoms with van der Waals surface area (Å²) in [6.45, 7) is 0. The van der Waals surface area contributed by atoms with Crippen molar-refractivity contribution in [3.63, 3.8) is 0 Å². The van der Waals surface area contributed by atoms with Gasteiger partial charge < -0.3 is 5.11 Å². The minimum atomic E-state index is -0.907. The minimum absolute atomic E-state index is 0.111. The quantitative estimate of drug-likeness (QED) is 0.654. The third-order valence-electron chi connectivity index (χ3n) is 3.19. The second-order valence-corrected chi connectivity index (χ2v) is 6.75. The maximum absolute atomic E-state index is 11.2. The number of carboxylic acid groups (broad SMARTS) is 1.